The number of benzene rings is 1. The molecule has 1 aromatic carbocycles. The van der Waals surface area contributed by atoms with Crippen molar-refractivity contribution in [2.24, 2.45) is 0 Å². The minimum atomic E-state index is 0.592. The van der Waals surface area contributed by atoms with Crippen molar-refractivity contribution >= 4 is 32.4 Å². The van der Waals surface area contributed by atoms with E-state index in [1.54, 1.807) is 11.3 Å². The highest BCUT2D eigenvalue weighted by Crippen LogP contribution is 2.38. The summed E-state index contributed by atoms with van der Waals surface area (Å²) in [6.07, 6.45) is 4.26. The summed E-state index contributed by atoms with van der Waals surface area (Å²) in [4.78, 5) is 4.25. The molecule has 1 fully saturated rings. The molecule has 0 radical (unpaired) electrons. The first-order valence-corrected chi connectivity index (χ1v) is 7.40. The fraction of sp³-hybridized carbons (Fsp3) is 0.308. The third-order valence-electron chi connectivity index (χ3n) is 3.24. The monoisotopic (exact) mass is 308 g/mol. The van der Waals surface area contributed by atoms with Gasteiger partial charge in [-0.3, -0.25) is 0 Å². The molecule has 1 aliphatic rings. The second-order valence-electron chi connectivity index (χ2n) is 4.40. The molecule has 1 aliphatic carbocycles. The molecule has 0 atom stereocenters. The highest BCUT2D eigenvalue weighted by molar-refractivity contribution is 9.10. The Morgan fingerprint density at radius 2 is 2.00 bits per heavy atom. The topological polar surface area (TPSA) is 24.9 Å². The predicted octanol–water partition coefficient (Wildman–Crippen LogP) is 4.26. The molecular formula is C13H13BrN2S. The summed E-state index contributed by atoms with van der Waals surface area (Å²) in [5.74, 6) is 0.709. The van der Waals surface area contributed by atoms with E-state index in [0.29, 0.717) is 12.0 Å². The molecule has 0 amide bonds. The van der Waals surface area contributed by atoms with Crippen molar-refractivity contribution in [1.29, 1.82) is 0 Å². The molecule has 1 N–H and O–H groups in total. The summed E-state index contributed by atoms with van der Waals surface area (Å²) in [6.45, 7) is 0. The standard InChI is InChI=1S/C13H13BrN2S/c14-11-3-1-9(2-4-11)10-7-12(8-10)16-13-15-5-6-17-13/h1-6,10,12H,7-8H2,(H,15,16). The zero-order chi connectivity index (χ0) is 11.7. The van der Waals surface area contributed by atoms with Crippen LogP contribution in [-0.2, 0) is 0 Å². The molecule has 0 spiro atoms. The average molecular weight is 309 g/mol. The van der Waals surface area contributed by atoms with Crippen LogP contribution in [0.1, 0.15) is 24.3 Å². The van der Waals surface area contributed by atoms with E-state index in [4.69, 9.17) is 0 Å². The lowest BCUT2D eigenvalue weighted by molar-refractivity contribution is 0.374. The summed E-state index contributed by atoms with van der Waals surface area (Å²) in [6, 6.07) is 9.27. The smallest absolute Gasteiger partial charge is 0.182 e. The normalized spacial score (nSPS) is 23.1. The van der Waals surface area contributed by atoms with E-state index in [1.165, 1.54) is 18.4 Å². The van der Waals surface area contributed by atoms with Crippen LogP contribution in [-0.4, -0.2) is 11.0 Å². The van der Waals surface area contributed by atoms with Gasteiger partial charge in [0, 0.05) is 22.1 Å². The predicted molar refractivity (Wildman–Crippen MR) is 75.6 cm³/mol. The molecule has 0 unspecified atom stereocenters. The van der Waals surface area contributed by atoms with Crippen molar-refractivity contribution in [3.63, 3.8) is 0 Å². The zero-order valence-electron chi connectivity index (χ0n) is 9.27. The van der Waals surface area contributed by atoms with Crippen molar-refractivity contribution in [1.82, 2.24) is 4.98 Å². The van der Waals surface area contributed by atoms with E-state index in [0.717, 1.165) is 9.60 Å². The Bertz CT molecular complexity index is 475. The van der Waals surface area contributed by atoms with Crippen LogP contribution in [0, 0.1) is 0 Å². The van der Waals surface area contributed by atoms with E-state index in [1.807, 2.05) is 11.6 Å². The highest BCUT2D eigenvalue weighted by Gasteiger charge is 2.30. The number of thiazole rings is 1. The van der Waals surface area contributed by atoms with Gasteiger partial charge in [-0.15, -0.1) is 11.3 Å². The Hall–Kier alpha value is -0.870. The Kier molecular flexibility index (Phi) is 3.16. The third-order valence-corrected chi connectivity index (χ3v) is 4.47. The van der Waals surface area contributed by atoms with Gasteiger partial charge < -0.3 is 5.32 Å². The Labute approximate surface area is 113 Å². The molecule has 1 aromatic heterocycles. The number of rotatable bonds is 3. The Morgan fingerprint density at radius 3 is 2.65 bits per heavy atom. The Morgan fingerprint density at radius 1 is 1.24 bits per heavy atom. The van der Waals surface area contributed by atoms with Crippen LogP contribution in [0.5, 0.6) is 0 Å². The lowest BCUT2D eigenvalue weighted by Gasteiger charge is -2.36. The van der Waals surface area contributed by atoms with Crippen molar-refractivity contribution in [2.45, 2.75) is 24.8 Å². The van der Waals surface area contributed by atoms with Gasteiger partial charge in [-0.05, 0) is 36.5 Å². The highest BCUT2D eigenvalue weighted by atomic mass is 79.9. The van der Waals surface area contributed by atoms with Gasteiger partial charge in [-0.25, -0.2) is 4.98 Å². The van der Waals surface area contributed by atoms with Crippen LogP contribution in [0.4, 0.5) is 5.13 Å². The maximum Gasteiger partial charge on any atom is 0.182 e. The first-order valence-electron chi connectivity index (χ1n) is 5.73. The third kappa shape index (κ3) is 2.53. The number of hydrogen-bond donors (Lipinski definition) is 1. The molecule has 2 nitrogen and oxygen atoms in total. The van der Waals surface area contributed by atoms with Crippen LogP contribution >= 0.6 is 27.3 Å². The van der Waals surface area contributed by atoms with Crippen LogP contribution < -0.4 is 5.32 Å². The molecule has 4 heteroatoms. The van der Waals surface area contributed by atoms with E-state index >= 15 is 0 Å². The van der Waals surface area contributed by atoms with E-state index in [-0.39, 0.29) is 0 Å². The van der Waals surface area contributed by atoms with Gasteiger partial charge in [-0.1, -0.05) is 28.1 Å². The fourth-order valence-corrected chi connectivity index (χ4v) is 3.08. The van der Waals surface area contributed by atoms with Crippen LogP contribution in [0.2, 0.25) is 0 Å². The fourth-order valence-electron chi connectivity index (χ4n) is 2.21. The van der Waals surface area contributed by atoms with Gasteiger partial charge in [-0.2, -0.15) is 0 Å². The summed E-state index contributed by atoms with van der Waals surface area (Å²) < 4.78 is 1.15. The van der Waals surface area contributed by atoms with Gasteiger partial charge >= 0.3 is 0 Å². The molecule has 0 bridgehead atoms. The average Bonchev–Trinajstić information content (AvgIpc) is 2.77. The van der Waals surface area contributed by atoms with Gasteiger partial charge in [0.1, 0.15) is 0 Å². The number of hydrogen-bond acceptors (Lipinski definition) is 3. The van der Waals surface area contributed by atoms with Crippen molar-refractivity contribution in [2.75, 3.05) is 5.32 Å². The summed E-state index contributed by atoms with van der Waals surface area (Å²) >= 11 is 5.14. The van der Waals surface area contributed by atoms with Crippen LogP contribution in [0.15, 0.2) is 40.3 Å². The molecule has 1 saturated carbocycles. The number of anilines is 1. The molecular weight excluding hydrogens is 296 g/mol. The zero-order valence-corrected chi connectivity index (χ0v) is 11.7. The first kappa shape index (κ1) is 11.2. The second kappa shape index (κ2) is 4.78. The van der Waals surface area contributed by atoms with Gasteiger partial charge in [0.2, 0.25) is 0 Å². The van der Waals surface area contributed by atoms with E-state index < -0.39 is 0 Å². The summed E-state index contributed by atoms with van der Waals surface area (Å²) in [5, 5.41) is 6.52. The van der Waals surface area contributed by atoms with Gasteiger partial charge in [0.25, 0.3) is 0 Å². The molecule has 1 heterocycles. The molecule has 2 aromatic rings. The van der Waals surface area contributed by atoms with E-state index in [2.05, 4.69) is 50.5 Å². The van der Waals surface area contributed by atoms with Crippen molar-refractivity contribution < 1.29 is 0 Å². The largest absolute Gasteiger partial charge is 0.359 e. The minimum absolute atomic E-state index is 0.592. The van der Waals surface area contributed by atoms with Crippen LogP contribution in [0.3, 0.4) is 0 Å². The van der Waals surface area contributed by atoms with E-state index in [9.17, 15) is 0 Å². The maximum atomic E-state index is 4.25. The number of nitrogens with zero attached hydrogens (tertiary/aromatic N) is 1. The summed E-state index contributed by atoms with van der Waals surface area (Å²) in [7, 11) is 0. The Balaban J connectivity index is 1.56. The van der Waals surface area contributed by atoms with Gasteiger partial charge in [0.15, 0.2) is 5.13 Å². The SMILES string of the molecule is Brc1ccc(C2CC(Nc3nccs3)C2)cc1. The lowest BCUT2D eigenvalue weighted by Crippen LogP contribution is -2.33. The number of nitrogens with one attached hydrogen (secondary N) is 1. The minimum Gasteiger partial charge on any atom is -0.359 e. The molecule has 0 saturated heterocycles. The molecule has 0 aliphatic heterocycles. The molecule has 3 rings (SSSR count). The lowest BCUT2D eigenvalue weighted by atomic mass is 9.76. The maximum absolute atomic E-state index is 4.25. The number of aromatic nitrogens is 1. The quantitative estimate of drug-likeness (QED) is 0.916. The first-order chi connectivity index (χ1) is 8.31. The molecule has 17 heavy (non-hydrogen) atoms. The number of halogens is 1. The van der Waals surface area contributed by atoms with Crippen molar-refractivity contribution in [3.05, 3.63) is 45.9 Å². The van der Waals surface area contributed by atoms with Gasteiger partial charge in [0.05, 0.1) is 0 Å². The van der Waals surface area contributed by atoms with Crippen LogP contribution in [0.25, 0.3) is 0 Å². The second-order valence-corrected chi connectivity index (χ2v) is 6.21. The van der Waals surface area contributed by atoms with Crippen molar-refractivity contribution in [3.8, 4) is 0 Å². The molecule has 88 valence electrons. The summed E-state index contributed by atoms with van der Waals surface area (Å²) in [5.41, 5.74) is 1.45.